The molecule has 1 aliphatic rings. The highest BCUT2D eigenvalue weighted by atomic mass is 35.5. The van der Waals surface area contributed by atoms with Gasteiger partial charge >= 0.3 is 0 Å². The third-order valence-corrected chi connectivity index (χ3v) is 3.51. The minimum atomic E-state index is -0.451. The number of rotatable bonds is 1. The van der Waals surface area contributed by atoms with Crippen molar-refractivity contribution in [2.45, 2.75) is 25.7 Å². The first-order valence-electron chi connectivity index (χ1n) is 6.05. The van der Waals surface area contributed by atoms with Gasteiger partial charge in [0.25, 0.3) is 0 Å². The largest absolute Gasteiger partial charge is 0.241 e. The van der Waals surface area contributed by atoms with Crippen molar-refractivity contribution in [3.05, 3.63) is 46.8 Å². The number of fused-ring (bicyclic) bond motifs is 1. The monoisotopic (exact) mass is 262 g/mol. The predicted molar refractivity (Wildman–Crippen MR) is 69.1 cm³/mol. The Bertz CT molecular complexity index is 598. The summed E-state index contributed by atoms with van der Waals surface area (Å²) in [7, 11) is 0. The van der Waals surface area contributed by atoms with Gasteiger partial charge in [0.05, 0.1) is 0 Å². The Morgan fingerprint density at radius 1 is 1.17 bits per heavy atom. The Balaban J connectivity index is 2.23. The minimum Gasteiger partial charge on any atom is -0.241 e. The number of aromatic nitrogens is 2. The smallest absolute Gasteiger partial charge is 0.220 e. The highest BCUT2D eigenvalue weighted by molar-refractivity contribution is 6.29. The lowest BCUT2D eigenvalue weighted by Crippen LogP contribution is -2.08. The fourth-order valence-corrected chi connectivity index (χ4v) is 2.71. The average Bonchev–Trinajstić information content (AvgIpc) is 2.38. The number of halogens is 2. The molecule has 0 unspecified atom stereocenters. The molecule has 0 amide bonds. The molecule has 0 aliphatic heterocycles. The van der Waals surface area contributed by atoms with E-state index in [0.29, 0.717) is 10.7 Å². The second-order valence-corrected chi connectivity index (χ2v) is 4.85. The van der Waals surface area contributed by atoms with E-state index < -0.39 is 5.95 Å². The average molecular weight is 263 g/mol. The van der Waals surface area contributed by atoms with Crippen LogP contribution < -0.4 is 0 Å². The van der Waals surface area contributed by atoms with E-state index in [0.717, 1.165) is 42.5 Å². The van der Waals surface area contributed by atoms with Crippen LogP contribution in [0.4, 0.5) is 4.39 Å². The van der Waals surface area contributed by atoms with Gasteiger partial charge in [0.1, 0.15) is 5.15 Å². The number of hydrogen-bond donors (Lipinski definition) is 0. The molecule has 1 aliphatic carbocycles. The number of aryl methyl sites for hydroxylation is 1. The lowest BCUT2D eigenvalue weighted by atomic mass is 9.90. The number of hydrogen-bond acceptors (Lipinski definition) is 2. The van der Waals surface area contributed by atoms with Gasteiger partial charge in [0.15, 0.2) is 0 Å². The Hall–Kier alpha value is -1.48. The van der Waals surface area contributed by atoms with Gasteiger partial charge in [-0.15, -0.1) is 0 Å². The fraction of sp³-hybridized carbons (Fsp3) is 0.286. The molecule has 3 rings (SSSR count). The maximum atomic E-state index is 13.8. The number of pyridine rings is 2. The molecule has 0 atom stereocenters. The van der Waals surface area contributed by atoms with E-state index in [1.54, 1.807) is 18.2 Å². The Kier molecular flexibility index (Phi) is 3.00. The molecule has 0 saturated heterocycles. The van der Waals surface area contributed by atoms with E-state index in [1.807, 2.05) is 0 Å². The predicted octanol–water partition coefficient (Wildman–Crippen LogP) is 3.81. The van der Waals surface area contributed by atoms with Crippen LogP contribution in [0, 0.1) is 5.95 Å². The van der Waals surface area contributed by atoms with Crippen LogP contribution in [0.25, 0.3) is 11.1 Å². The topological polar surface area (TPSA) is 25.8 Å². The van der Waals surface area contributed by atoms with Crippen molar-refractivity contribution < 1.29 is 4.39 Å². The molecule has 0 fully saturated rings. The van der Waals surface area contributed by atoms with Crippen LogP contribution in [0.1, 0.15) is 24.1 Å². The van der Waals surface area contributed by atoms with Crippen LogP contribution in [0.2, 0.25) is 5.15 Å². The van der Waals surface area contributed by atoms with Gasteiger partial charge in [0, 0.05) is 17.5 Å². The van der Waals surface area contributed by atoms with Crippen molar-refractivity contribution >= 4 is 11.6 Å². The first-order chi connectivity index (χ1) is 8.75. The summed E-state index contributed by atoms with van der Waals surface area (Å²) in [6.45, 7) is 0. The molecule has 92 valence electrons. The molecule has 0 aromatic carbocycles. The van der Waals surface area contributed by atoms with Gasteiger partial charge in [-0.05, 0) is 55.0 Å². The molecule has 2 aromatic heterocycles. The SMILES string of the molecule is Fc1ncccc1-c1cc(Cl)nc2c1CCCC2. The molecule has 0 radical (unpaired) electrons. The number of nitrogens with zero attached hydrogens (tertiary/aromatic N) is 2. The molecule has 0 spiro atoms. The van der Waals surface area contributed by atoms with Crippen molar-refractivity contribution in [2.24, 2.45) is 0 Å². The third-order valence-electron chi connectivity index (χ3n) is 3.32. The van der Waals surface area contributed by atoms with Crippen LogP contribution in [-0.2, 0) is 12.8 Å². The lowest BCUT2D eigenvalue weighted by Gasteiger charge is -2.19. The molecule has 0 saturated carbocycles. The summed E-state index contributed by atoms with van der Waals surface area (Å²) >= 11 is 6.03. The first kappa shape index (κ1) is 11.6. The summed E-state index contributed by atoms with van der Waals surface area (Å²) in [4.78, 5) is 8.06. The normalized spacial score (nSPS) is 14.3. The van der Waals surface area contributed by atoms with Gasteiger partial charge in [-0.25, -0.2) is 9.97 Å². The first-order valence-corrected chi connectivity index (χ1v) is 6.42. The van der Waals surface area contributed by atoms with E-state index >= 15 is 0 Å². The molecular formula is C14H12ClFN2. The zero-order valence-electron chi connectivity index (χ0n) is 9.79. The van der Waals surface area contributed by atoms with Crippen LogP contribution >= 0.6 is 11.6 Å². The molecule has 2 aromatic rings. The van der Waals surface area contributed by atoms with Gasteiger partial charge < -0.3 is 0 Å². The highest BCUT2D eigenvalue weighted by Crippen LogP contribution is 2.33. The van der Waals surface area contributed by atoms with Gasteiger partial charge in [0.2, 0.25) is 5.95 Å². The van der Waals surface area contributed by atoms with Crippen LogP contribution in [0.15, 0.2) is 24.4 Å². The summed E-state index contributed by atoms with van der Waals surface area (Å²) < 4.78 is 13.8. The second kappa shape index (κ2) is 4.65. The minimum absolute atomic E-state index is 0.425. The summed E-state index contributed by atoms with van der Waals surface area (Å²) in [5.74, 6) is -0.451. The van der Waals surface area contributed by atoms with Crippen LogP contribution in [0.5, 0.6) is 0 Å². The van der Waals surface area contributed by atoms with Crippen molar-refractivity contribution in [1.29, 1.82) is 0 Å². The van der Waals surface area contributed by atoms with Crippen molar-refractivity contribution in [3.8, 4) is 11.1 Å². The van der Waals surface area contributed by atoms with Crippen LogP contribution in [-0.4, -0.2) is 9.97 Å². The molecular weight excluding hydrogens is 251 g/mol. The summed E-state index contributed by atoms with van der Waals surface area (Å²) in [6.07, 6.45) is 5.54. The van der Waals surface area contributed by atoms with E-state index in [1.165, 1.54) is 6.20 Å². The zero-order valence-corrected chi connectivity index (χ0v) is 10.5. The van der Waals surface area contributed by atoms with E-state index in [9.17, 15) is 4.39 Å². The molecule has 18 heavy (non-hydrogen) atoms. The van der Waals surface area contributed by atoms with E-state index in [-0.39, 0.29) is 0 Å². The third kappa shape index (κ3) is 1.99. The summed E-state index contributed by atoms with van der Waals surface area (Å²) in [5.41, 5.74) is 3.49. The second-order valence-electron chi connectivity index (χ2n) is 4.47. The van der Waals surface area contributed by atoms with E-state index in [4.69, 9.17) is 11.6 Å². The van der Waals surface area contributed by atoms with Crippen LogP contribution in [0.3, 0.4) is 0 Å². The molecule has 0 N–H and O–H groups in total. The van der Waals surface area contributed by atoms with Gasteiger partial charge in [-0.2, -0.15) is 4.39 Å². The molecule has 4 heteroatoms. The zero-order chi connectivity index (χ0) is 12.5. The summed E-state index contributed by atoms with van der Waals surface area (Å²) in [6, 6.07) is 5.22. The van der Waals surface area contributed by atoms with Gasteiger partial charge in [-0.3, -0.25) is 0 Å². The fourth-order valence-electron chi connectivity index (χ4n) is 2.50. The van der Waals surface area contributed by atoms with E-state index in [2.05, 4.69) is 9.97 Å². The van der Waals surface area contributed by atoms with Gasteiger partial charge in [-0.1, -0.05) is 11.6 Å². The molecule has 0 bridgehead atoms. The van der Waals surface area contributed by atoms with Crippen molar-refractivity contribution in [1.82, 2.24) is 9.97 Å². The highest BCUT2D eigenvalue weighted by Gasteiger charge is 2.18. The maximum Gasteiger partial charge on any atom is 0.220 e. The Labute approximate surface area is 110 Å². The van der Waals surface area contributed by atoms with Crippen molar-refractivity contribution in [3.63, 3.8) is 0 Å². The maximum absolute atomic E-state index is 13.8. The quantitative estimate of drug-likeness (QED) is 0.730. The Morgan fingerprint density at radius 3 is 2.83 bits per heavy atom. The lowest BCUT2D eigenvalue weighted by molar-refractivity contribution is 0.586. The molecule has 2 heterocycles. The summed E-state index contributed by atoms with van der Waals surface area (Å²) in [5, 5.41) is 0.425. The van der Waals surface area contributed by atoms with Crippen molar-refractivity contribution in [2.75, 3.05) is 0 Å². The Morgan fingerprint density at radius 2 is 2.00 bits per heavy atom. The molecule has 2 nitrogen and oxygen atoms in total. The standard InChI is InChI=1S/C14H12ClFN2/c15-13-8-11(10-5-3-7-17-14(10)16)9-4-1-2-6-12(9)18-13/h3,5,7-8H,1-2,4,6H2.